The minimum atomic E-state index is -0.643. The topological polar surface area (TPSA) is 74.1 Å². The maximum absolute atomic E-state index is 15.2. The number of Topliss-reactive ketones (excluding diaryl/α,β-unsaturated/α-hetero) is 1. The number of hydrogen-bond acceptors (Lipinski definition) is 6. The van der Waals surface area contributed by atoms with Crippen LogP contribution in [0.25, 0.3) is 26.5 Å². The van der Waals surface area contributed by atoms with Gasteiger partial charge in [-0.15, -0.1) is 11.3 Å². The van der Waals surface area contributed by atoms with Gasteiger partial charge in [0.1, 0.15) is 11.6 Å². The van der Waals surface area contributed by atoms with Crippen LogP contribution in [0.4, 0.5) is 8.78 Å². The van der Waals surface area contributed by atoms with Crippen LogP contribution < -0.4 is 10.3 Å². The first-order valence-electron chi connectivity index (χ1n) is 12.6. The Balaban J connectivity index is 1.24. The molecule has 0 saturated carbocycles. The van der Waals surface area contributed by atoms with Crippen LogP contribution in [0.1, 0.15) is 21.5 Å². The summed E-state index contributed by atoms with van der Waals surface area (Å²) in [6.45, 7) is 1.67. The molecule has 0 unspecified atom stereocenters. The van der Waals surface area contributed by atoms with E-state index in [4.69, 9.17) is 4.74 Å². The molecule has 6 rings (SSSR count). The SMILES string of the molecule is Cc1ccn(-c2ccc(F)cc2)c(=O)c1C(=O)Cc1ccc(Oc2ccnc3cc(-c4ccccn4)sc23)c(F)c1. The van der Waals surface area contributed by atoms with E-state index >= 15 is 4.39 Å². The molecule has 0 radical (unpaired) electrons. The van der Waals surface area contributed by atoms with E-state index in [1.54, 1.807) is 37.5 Å². The average molecular weight is 566 g/mol. The van der Waals surface area contributed by atoms with Crippen molar-refractivity contribution >= 4 is 27.3 Å². The fourth-order valence-corrected chi connectivity index (χ4v) is 5.57. The standard InChI is InChI=1S/C32H21F2N3O3S/c1-19-12-15-37(22-8-6-21(33)7-9-22)32(39)30(19)26(38)17-20-5-10-27(23(34)16-20)40-28-11-14-36-25-18-29(41-31(25)28)24-4-2-3-13-35-24/h2-16,18H,17H2,1H3. The highest BCUT2D eigenvalue weighted by atomic mass is 32.1. The predicted molar refractivity (Wildman–Crippen MR) is 154 cm³/mol. The maximum atomic E-state index is 15.2. The lowest BCUT2D eigenvalue weighted by Gasteiger charge is -2.11. The largest absolute Gasteiger partial charge is 0.453 e. The fourth-order valence-electron chi connectivity index (χ4n) is 4.53. The lowest BCUT2D eigenvalue weighted by Crippen LogP contribution is -2.27. The van der Waals surface area contributed by atoms with E-state index in [0.29, 0.717) is 28.1 Å². The van der Waals surface area contributed by atoms with Crippen LogP contribution in [-0.4, -0.2) is 20.3 Å². The minimum Gasteiger partial charge on any atom is -0.453 e. The Hall–Kier alpha value is -5.02. The Morgan fingerprint density at radius 2 is 1.76 bits per heavy atom. The van der Waals surface area contributed by atoms with Gasteiger partial charge in [-0.2, -0.15) is 0 Å². The summed E-state index contributed by atoms with van der Waals surface area (Å²) in [5.74, 6) is -1.08. The average Bonchev–Trinajstić information content (AvgIpc) is 3.41. The van der Waals surface area contributed by atoms with Gasteiger partial charge in [0.05, 0.1) is 26.4 Å². The van der Waals surface area contributed by atoms with Crippen molar-refractivity contribution in [1.29, 1.82) is 0 Å². The number of ether oxygens (including phenoxy) is 1. The summed E-state index contributed by atoms with van der Waals surface area (Å²) in [6.07, 6.45) is 4.67. The number of aryl methyl sites for hydroxylation is 1. The molecule has 2 aromatic carbocycles. The van der Waals surface area contributed by atoms with Crippen LogP contribution >= 0.6 is 11.3 Å². The van der Waals surface area contributed by atoms with Crippen molar-refractivity contribution in [2.24, 2.45) is 0 Å². The molecular weight excluding hydrogens is 544 g/mol. The third-order valence-corrected chi connectivity index (χ3v) is 7.72. The summed E-state index contributed by atoms with van der Waals surface area (Å²) < 4.78 is 36.5. The van der Waals surface area contributed by atoms with Gasteiger partial charge in [-0.1, -0.05) is 12.1 Å². The van der Waals surface area contributed by atoms with Gasteiger partial charge >= 0.3 is 0 Å². The van der Waals surface area contributed by atoms with E-state index in [9.17, 15) is 14.0 Å². The quantitative estimate of drug-likeness (QED) is 0.190. The van der Waals surface area contributed by atoms with Crippen LogP contribution in [0.15, 0.2) is 102 Å². The molecule has 6 nitrogen and oxygen atoms in total. The minimum absolute atomic E-state index is 0.00172. The van der Waals surface area contributed by atoms with Crippen molar-refractivity contribution < 1.29 is 18.3 Å². The lowest BCUT2D eigenvalue weighted by atomic mass is 10.0. The Labute approximate surface area is 237 Å². The molecule has 6 aromatic rings. The van der Waals surface area contributed by atoms with Crippen molar-refractivity contribution in [1.82, 2.24) is 14.5 Å². The molecule has 0 saturated heterocycles. The second-order valence-corrected chi connectivity index (χ2v) is 10.4. The first-order chi connectivity index (χ1) is 19.9. The zero-order valence-corrected chi connectivity index (χ0v) is 22.5. The Morgan fingerprint density at radius 3 is 2.51 bits per heavy atom. The van der Waals surface area contributed by atoms with Gasteiger partial charge < -0.3 is 4.74 Å². The van der Waals surface area contributed by atoms with Crippen molar-refractivity contribution in [2.75, 3.05) is 0 Å². The van der Waals surface area contributed by atoms with Crippen molar-refractivity contribution in [2.45, 2.75) is 13.3 Å². The zero-order valence-electron chi connectivity index (χ0n) is 21.7. The van der Waals surface area contributed by atoms with Crippen LogP contribution in [0.2, 0.25) is 0 Å². The fraction of sp³-hybridized carbons (Fsp3) is 0.0625. The van der Waals surface area contributed by atoms with Crippen molar-refractivity contribution in [3.63, 3.8) is 0 Å². The first kappa shape index (κ1) is 26.2. The first-order valence-corrected chi connectivity index (χ1v) is 13.5. The molecule has 0 aliphatic rings. The smallest absolute Gasteiger partial charge is 0.266 e. The highest BCUT2D eigenvalue weighted by Gasteiger charge is 2.19. The van der Waals surface area contributed by atoms with E-state index in [-0.39, 0.29) is 17.7 Å². The van der Waals surface area contributed by atoms with Gasteiger partial charge in [-0.3, -0.25) is 24.1 Å². The van der Waals surface area contributed by atoms with E-state index in [1.807, 2.05) is 24.3 Å². The van der Waals surface area contributed by atoms with Gasteiger partial charge in [0.15, 0.2) is 17.3 Å². The molecule has 41 heavy (non-hydrogen) atoms. The number of ketones is 1. The molecule has 0 N–H and O–H groups in total. The van der Waals surface area contributed by atoms with Crippen LogP contribution in [0.3, 0.4) is 0 Å². The molecular formula is C32H21F2N3O3S. The number of hydrogen-bond donors (Lipinski definition) is 0. The third-order valence-electron chi connectivity index (χ3n) is 6.56. The summed E-state index contributed by atoms with van der Waals surface area (Å²) in [6, 6.07) is 20.6. The number of aromatic nitrogens is 3. The number of rotatable bonds is 7. The number of halogens is 2. The number of benzene rings is 2. The molecule has 9 heteroatoms. The Kier molecular flexibility index (Phi) is 6.94. The van der Waals surface area contributed by atoms with Crippen molar-refractivity contribution in [3.8, 4) is 27.8 Å². The van der Waals surface area contributed by atoms with Gasteiger partial charge in [-0.25, -0.2) is 8.78 Å². The number of nitrogens with zero attached hydrogens (tertiary/aromatic N) is 3. The number of pyridine rings is 3. The maximum Gasteiger partial charge on any atom is 0.266 e. The normalized spacial score (nSPS) is 11.1. The van der Waals surface area contributed by atoms with E-state index in [1.165, 1.54) is 58.5 Å². The number of carbonyl (C=O) groups excluding carboxylic acids is 1. The van der Waals surface area contributed by atoms with Crippen molar-refractivity contribution in [3.05, 3.63) is 136 Å². The molecule has 202 valence electrons. The monoisotopic (exact) mass is 565 g/mol. The predicted octanol–water partition coefficient (Wildman–Crippen LogP) is 7.31. The van der Waals surface area contributed by atoms with Crippen LogP contribution in [0, 0.1) is 18.6 Å². The van der Waals surface area contributed by atoms with Gasteiger partial charge in [-0.05, 0) is 78.7 Å². The molecule has 0 spiro atoms. The molecule has 0 aliphatic heterocycles. The molecule has 4 heterocycles. The Bertz CT molecular complexity index is 1970. The highest BCUT2D eigenvalue weighted by molar-refractivity contribution is 7.22. The van der Waals surface area contributed by atoms with E-state index in [0.717, 1.165) is 15.3 Å². The van der Waals surface area contributed by atoms with Gasteiger partial charge in [0.25, 0.3) is 5.56 Å². The summed E-state index contributed by atoms with van der Waals surface area (Å²) in [7, 11) is 0. The number of carbonyl (C=O) groups is 1. The van der Waals surface area contributed by atoms with E-state index < -0.39 is 23.0 Å². The number of fused-ring (bicyclic) bond motifs is 1. The molecule has 0 atom stereocenters. The molecule has 0 amide bonds. The molecule has 0 aliphatic carbocycles. The Morgan fingerprint density at radius 1 is 0.927 bits per heavy atom. The summed E-state index contributed by atoms with van der Waals surface area (Å²) >= 11 is 1.45. The van der Waals surface area contributed by atoms with Crippen LogP contribution in [-0.2, 0) is 6.42 Å². The summed E-state index contributed by atoms with van der Waals surface area (Å²) in [4.78, 5) is 36.1. The van der Waals surface area contributed by atoms with Gasteiger partial charge in [0.2, 0.25) is 0 Å². The lowest BCUT2D eigenvalue weighted by molar-refractivity contribution is 0.0990. The summed E-state index contributed by atoms with van der Waals surface area (Å²) in [5, 5.41) is 0. The molecule has 0 fully saturated rings. The molecule has 4 aromatic heterocycles. The second-order valence-electron chi connectivity index (χ2n) is 9.34. The number of thiophene rings is 1. The zero-order chi connectivity index (χ0) is 28.5. The van der Waals surface area contributed by atoms with Gasteiger partial charge in [0, 0.05) is 36.8 Å². The highest BCUT2D eigenvalue weighted by Crippen LogP contribution is 2.39. The summed E-state index contributed by atoms with van der Waals surface area (Å²) in [5.41, 5.74) is 2.31. The molecule has 0 bridgehead atoms. The van der Waals surface area contributed by atoms with E-state index in [2.05, 4.69) is 9.97 Å². The third kappa shape index (κ3) is 5.27. The van der Waals surface area contributed by atoms with Crippen LogP contribution in [0.5, 0.6) is 11.5 Å². The second kappa shape index (κ2) is 10.9.